The fourth-order valence-electron chi connectivity index (χ4n) is 3.24. The minimum atomic E-state index is -0.908. The Morgan fingerprint density at radius 1 is 0.935 bits per heavy atom. The summed E-state index contributed by atoms with van der Waals surface area (Å²) in [7, 11) is 0. The molecular formula is C24H19FN4O2. The monoisotopic (exact) mass is 414 g/mol. The summed E-state index contributed by atoms with van der Waals surface area (Å²) in [5.74, 6) is -2.08. The molecule has 4 rings (SSSR count). The van der Waals surface area contributed by atoms with Crippen LogP contribution < -0.4 is 11.1 Å². The van der Waals surface area contributed by atoms with E-state index < -0.39 is 17.6 Å². The number of nitrogens with zero attached hydrogens (tertiary/aromatic N) is 2. The fourth-order valence-corrected chi connectivity index (χ4v) is 3.24. The molecule has 0 aliphatic rings. The number of benzene rings is 3. The zero-order valence-electron chi connectivity index (χ0n) is 16.5. The molecule has 4 aromatic rings. The van der Waals surface area contributed by atoms with Gasteiger partial charge in [-0.15, -0.1) is 0 Å². The first kappa shape index (κ1) is 20.0. The summed E-state index contributed by atoms with van der Waals surface area (Å²) in [6.45, 7) is 0.496. The van der Waals surface area contributed by atoms with Gasteiger partial charge in [-0.25, -0.2) is 4.39 Å². The summed E-state index contributed by atoms with van der Waals surface area (Å²) in [5.41, 5.74) is 7.87. The minimum Gasteiger partial charge on any atom is -0.366 e. The molecule has 0 spiro atoms. The van der Waals surface area contributed by atoms with Crippen LogP contribution in [0.3, 0.4) is 0 Å². The van der Waals surface area contributed by atoms with E-state index in [0.29, 0.717) is 17.8 Å². The molecular weight excluding hydrogens is 395 g/mol. The molecule has 1 aromatic heterocycles. The summed E-state index contributed by atoms with van der Waals surface area (Å²) >= 11 is 0. The van der Waals surface area contributed by atoms with Crippen molar-refractivity contribution < 1.29 is 14.0 Å². The number of rotatable bonds is 6. The average molecular weight is 414 g/mol. The minimum absolute atomic E-state index is 0.259. The van der Waals surface area contributed by atoms with Gasteiger partial charge in [0.25, 0.3) is 11.8 Å². The van der Waals surface area contributed by atoms with Crippen molar-refractivity contribution in [1.82, 2.24) is 9.78 Å². The van der Waals surface area contributed by atoms with Crippen LogP contribution in [-0.4, -0.2) is 21.6 Å². The van der Waals surface area contributed by atoms with E-state index in [1.165, 1.54) is 12.1 Å². The predicted molar refractivity (Wildman–Crippen MR) is 116 cm³/mol. The van der Waals surface area contributed by atoms with Crippen molar-refractivity contribution in [2.24, 2.45) is 5.73 Å². The van der Waals surface area contributed by atoms with E-state index in [4.69, 9.17) is 5.73 Å². The number of primary amides is 1. The third-order valence-electron chi connectivity index (χ3n) is 4.73. The molecule has 7 heteroatoms. The molecule has 31 heavy (non-hydrogen) atoms. The lowest BCUT2D eigenvalue weighted by molar-refractivity contribution is 0.0992. The molecule has 3 N–H and O–H groups in total. The molecule has 0 unspecified atom stereocenters. The highest BCUT2D eigenvalue weighted by atomic mass is 19.1. The van der Waals surface area contributed by atoms with Crippen LogP contribution in [0.25, 0.3) is 11.3 Å². The van der Waals surface area contributed by atoms with Crippen molar-refractivity contribution in [3.8, 4) is 11.3 Å². The molecule has 0 bridgehead atoms. The number of anilines is 1. The third kappa shape index (κ3) is 4.51. The summed E-state index contributed by atoms with van der Waals surface area (Å²) in [4.78, 5) is 24.5. The van der Waals surface area contributed by atoms with Gasteiger partial charge in [0.15, 0.2) is 0 Å². The highest BCUT2D eigenvalue weighted by Gasteiger charge is 2.19. The van der Waals surface area contributed by atoms with E-state index in [1.807, 2.05) is 60.7 Å². The Bertz CT molecular complexity index is 1240. The van der Waals surface area contributed by atoms with E-state index in [2.05, 4.69) is 10.4 Å². The van der Waals surface area contributed by atoms with E-state index in [-0.39, 0.29) is 11.3 Å². The number of nitrogens with two attached hydrogens (primary N) is 1. The number of hydrogen-bond donors (Lipinski definition) is 2. The van der Waals surface area contributed by atoms with E-state index in [9.17, 15) is 14.0 Å². The maximum absolute atomic E-state index is 13.7. The van der Waals surface area contributed by atoms with Crippen molar-refractivity contribution in [2.75, 3.05) is 5.32 Å². The maximum Gasteiger partial charge on any atom is 0.259 e. The molecule has 0 fully saturated rings. The first-order valence-electron chi connectivity index (χ1n) is 9.59. The Kier molecular flexibility index (Phi) is 5.57. The Labute approximate surface area is 178 Å². The van der Waals surface area contributed by atoms with Crippen molar-refractivity contribution in [3.63, 3.8) is 0 Å². The van der Waals surface area contributed by atoms with Crippen LogP contribution in [0.15, 0.2) is 85.1 Å². The molecule has 0 aliphatic carbocycles. The summed E-state index contributed by atoms with van der Waals surface area (Å²) in [6, 6.07) is 22.8. The van der Waals surface area contributed by atoms with Gasteiger partial charge in [0.2, 0.25) is 0 Å². The van der Waals surface area contributed by atoms with Gasteiger partial charge >= 0.3 is 0 Å². The van der Waals surface area contributed by atoms with Crippen molar-refractivity contribution in [2.45, 2.75) is 6.54 Å². The van der Waals surface area contributed by atoms with E-state index in [0.717, 1.165) is 17.2 Å². The van der Waals surface area contributed by atoms with Gasteiger partial charge in [0, 0.05) is 17.4 Å². The lowest BCUT2D eigenvalue weighted by Crippen LogP contribution is -2.16. The van der Waals surface area contributed by atoms with Crippen LogP contribution in [0.5, 0.6) is 0 Å². The van der Waals surface area contributed by atoms with Crippen LogP contribution in [-0.2, 0) is 6.54 Å². The number of carbonyl (C=O) groups is 2. The molecule has 3 aromatic carbocycles. The summed E-state index contributed by atoms with van der Waals surface area (Å²) in [5, 5.41) is 7.32. The first-order valence-corrected chi connectivity index (χ1v) is 9.59. The van der Waals surface area contributed by atoms with Gasteiger partial charge in [-0.1, -0.05) is 60.7 Å². The zero-order valence-corrected chi connectivity index (χ0v) is 16.5. The van der Waals surface area contributed by atoms with Crippen molar-refractivity contribution in [3.05, 3.63) is 108 Å². The predicted octanol–water partition coefficient (Wildman–Crippen LogP) is 4.09. The first-order chi connectivity index (χ1) is 15.0. The lowest BCUT2D eigenvalue weighted by Gasteiger charge is -2.07. The summed E-state index contributed by atoms with van der Waals surface area (Å²) in [6.07, 6.45) is 1.67. The second kappa shape index (κ2) is 8.62. The molecule has 0 saturated carbocycles. The maximum atomic E-state index is 13.7. The van der Waals surface area contributed by atoms with Crippen LogP contribution in [0.1, 0.15) is 26.3 Å². The molecule has 1 heterocycles. The Morgan fingerprint density at radius 2 is 1.61 bits per heavy atom. The molecule has 154 valence electrons. The van der Waals surface area contributed by atoms with Crippen LogP contribution in [0.2, 0.25) is 0 Å². The van der Waals surface area contributed by atoms with E-state index in [1.54, 1.807) is 10.9 Å². The summed E-state index contributed by atoms with van der Waals surface area (Å²) < 4.78 is 15.5. The van der Waals surface area contributed by atoms with Gasteiger partial charge in [0.05, 0.1) is 17.7 Å². The molecule has 0 saturated heterocycles. The zero-order chi connectivity index (χ0) is 21.8. The largest absolute Gasteiger partial charge is 0.366 e. The van der Waals surface area contributed by atoms with Gasteiger partial charge in [-0.05, 0) is 23.8 Å². The quantitative estimate of drug-likeness (QED) is 0.498. The Hall–Kier alpha value is -4.26. The Morgan fingerprint density at radius 3 is 2.29 bits per heavy atom. The SMILES string of the molecule is NC(=O)c1cc(NC(=O)c2cn(Cc3ccccc3)nc2-c2ccccc2)ccc1F. The topological polar surface area (TPSA) is 90.0 Å². The highest BCUT2D eigenvalue weighted by molar-refractivity contribution is 6.08. The fraction of sp³-hybridized carbons (Fsp3) is 0.0417. The molecule has 0 aliphatic heterocycles. The van der Waals surface area contributed by atoms with E-state index >= 15 is 0 Å². The lowest BCUT2D eigenvalue weighted by atomic mass is 10.1. The molecule has 0 atom stereocenters. The van der Waals surface area contributed by atoms with Gasteiger partial charge in [-0.3, -0.25) is 14.3 Å². The van der Waals surface area contributed by atoms with Crippen LogP contribution in [0.4, 0.5) is 10.1 Å². The average Bonchev–Trinajstić information content (AvgIpc) is 3.20. The number of aromatic nitrogens is 2. The second-order valence-electron chi connectivity index (χ2n) is 6.95. The number of carbonyl (C=O) groups excluding carboxylic acids is 2. The van der Waals surface area contributed by atoms with Crippen molar-refractivity contribution in [1.29, 1.82) is 0 Å². The van der Waals surface area contributed by atoms with Gasteiger partial charge in [-0.2, -0.15) is 5.10 Å². The Balaban J connectivity index is 1.68. The molecule has 2 amide bonds. The van der Waals surface area contributed by atoms with Crippen molar-refractivity contribution >= 4 is 17.5 Å². The van der Waals surface area contributed by atoms with Crippen LogP contribution >= 0.6 is 0 Å². The second-order valence-corrected chi connectivity index (χ2v) is 6.95. The normalized spacial score (nSPS) is 10.6. The third-order valence-corrected chi connectivity index (χ3v) is 4.73. The standard InChI is InChI=1S/C24H19FN4O2/c25-21-12-11-18(13-19(21)23(26)30)27-24(31)20-15-29(14-16-7-3-1-4-8-16)28-22(20)17-9-5-2-6-10-17/h1-13,15H,14H2,(H2,26,30)(H,27,31). The number of hydrogen-bond acceptors (Lipinski definition) is 3. The smallest absolute Gasteiger partial charge is 0.259 e. The highest BCUT2D eigenvalue weighted by Crippen LogP contribution is 2.24. The molecule has 0 radical (unpaired) electrons. The van der Waals surface area contributed by atoms with Gasteiger partial charge in [0.1, 0.15) is 11.5 Å². The number of amides is 2. The van der Waals surface area contributed by atoms with Gasteiger partial charge < -0.3 is 11.1 Å². The number of nitrogens with one attached hydrogen (secondary N) is 1. The molecule has 6 nitrogen and oxygen atoms in total. The van der Waals surface area contributed by atoms with Crippen LogP contribution in [0, 0.1) is 5.82 Å². The number of halogens is 1.